The van der Waals surface area contributed by atoms with Crippen LogP contribution in [0.5, 0.6) is 0 Å². The molecule has 3 rings (SSSR count). The van der Waals surface area contributed by atoms with Gasteiger partial charge in [-0.2, -0.15) is 0 Å². The summed E-state index contributed by atoms with van der Waals surface area (Å²) < 4.78 is 15.2. The average Bonchev–Trinajstić information content (AvgIpc) is 3.04. The van der Waals surface area contributed by atoms with Crippen LogP contribution in [-0.2, 0) is 22.6 Å². The third kappa shape index (κ3) is 5.89. The summed E-state index contributed by atoms with van der Waals surface area (Å²) in [4.78, 5) is 30.0. The van der Waals surface area contributed by atoms with Crippen LogP contribution in [0.2, 0.25) is 0 Å². The zero-order valence-corrected chi connectivity index (χ0v) is 17.2. The number of nitrogens with zero attached hydrogens (tertiary/aromatic N) is 3. The molecule has 1 aromatic carbocycles. The van der Waals surface area contributed by atoms with Crippen molar-refractivity contribution in [2.45, 2.75) is 46.1 Å². The number of imidazole rings is 1. The van der Waals surface area contributed by atoms with Gasteiger partial charge >= 0.3 is 0 Å². The van der Waals surface area contributed by atoms with Crippen molar-refractivity contribution >= 4 is 11.8 Å². The standard InChI is InChI=1S/C22H29FN4O2/c1-16-14-25-21(27(16)15-19-3-5-20(23)6-4-19)7-10-24-22(29)13-18-8-11-26(12-9-18)17(2)28/h3-6,14,18H,7-13,15H2,1-2H3,(H,24,29). The number of rotatable bonds is 7. The lowest BCUT2D eigenvalue weighted by Gasteiger charge is -2.30. The molecule has 0 bridgehead atoms. The van der Waals surface area contributed by atoms with Crippen molar-refractivity contribution in [3.63, 3.8) is 0 Å². The molecule has 0 spiro atoms. The quantitative estimate of drug-likeness (QED) is 0.777. The van der Waals surface area contributed by atoms with Gasteiger partial charge in [-0.1, -0.05) is 12.1 Å². The van der Waals surface area contributed by atoms with Crippen LogP contribution >= 0.6 is 0 Å². The van der Waals surface area contributed by atoms with Gasteiger partial charge in [-0.25, -0.2) is 9.37 Å². The van der Waals surface area contributed by atoms with Gasteiger partial charge < -0.3 is 14.8 Å². The predicted molar refractivity (Wildman–Crippen MR) is 109 cm³/mol. The summed E-state index contributed by atoms with van der Waals surface area (Å²) in [5.41, 5.74) is 2.04. The number of aryl methyl sites for hydroxylation is 1. The largest absolute Gasteiger partial charge is 0.356 e. The van der Waals surface area contributed by atoms with Crippen LogP contribution in [0.1, 0.15) is 43.3 Å². The first kappa shape index (κ1) is 21.0. The van der Waals surface area contributed by atoms with Crippen molar-refractivity contribution in [1.82, 2.24) is 19.8 Å². The Balaban J connectivity index is 1.45. The highest BCUT2D eigenvalue weighted by atomic mass is 19.1. The van der Waals surface area contributed by atoms with Crippen molar-refractivity contribution in [3.8, 4) is 0 Å². The number of amides is 2. The minimum atomic E-state index is -0.244. The fourth-order valence-corrected chi connectivity index (χ4v) is 3.80. The molecule has 1 aromatic heterocycles. The van der Waals surface area contributed by atoms with Crippen molar-refractivity contribution < 1.29 is 14.0 Å². The third-order valence-corrected chi connectivity index (χ3v) is 5.60. The van der Waals surface area contributed by atoms with Crippen LogP contribution in [0.4, 0.5) is 4.39 Å². The lowest BCUT2D eigenvalue weighted by Crippen LogP contribution is -2.38. The van der Waals surface area contributed by atoms with Crippen LogP contribution in [0.25, 0.3) is 0 Å². The van der Waals surface area contributed by atoms with Crippen molar-refractivity contribution in [1.29, 1.82) is 0 Å². The van der Waals surface area contributed by atoms with E-state index in [4.69, 9.17) is 0 Å². The molecular weight excluding hydrogens is 371 g/mol. The first-order valence-corrected chi connectivity index (χ1v) is 10.2. The average molecular weight is 400 g/mol. The Hall–Kier alpha value is -2.70. The van der Waals surface area contributed by atoms with Crippen LogP contribution in [0.15, 0.2) is 30.5 Å². The van der Waals surface area contributed by atoms with Crippen molar-refractivity contribution in [2.24, 2.45) is 5.92 Å². The summed E-state index contributed by atoms with van der Waals surface area (Å²) in [5, 5.41) is 3.00. The number of aromatic nitrogens is 2. The van der Waals surface area contributed by atoms with Crippen molar-refractivity contribution in [2.75, 3.05) is 19.6 Å². The van der Waals surface area contributed by atoms with Gasteiger partial charge in [0.1, 0.15) is 11.6 Å². The second-order valence-electron chi connectivity index (χ2n) is 7.78. The van der Waals surface area contributed by atoms with Crippen LogP contribution in [-0.4, -0.2) is 45.9 Å². The number of hydrogen-bond acceptors (Lipinski definition) is 3. The SMILES string of the molecule is CC(=O)N1CCC(CC(=O)NCCc2ncc(C)n2Cc2ccc(F)cc2)CC1. The second-order valence-corrected chi connectivity index (χ2v) is 7.78. The zero-order chi connectivity index (χ0) is 20.8. The lowest BCUT2D eigenvalue weighted by molar-refractivity contribution is -0.130. The van der Waals surface area contributed by atoms with Crippen LogP contribution < -0.4 is 5.32 Å². The molecule has 2 aromatic rings. The first-order valence-electron chi connectivity index (χ1n) is 10.2. The minimum absolute atomic E-state index is 0.0552. The molecule has 29 heavy (non-hydrogen) atoms. The zero-order valence-electron chi connectivity index (χ0n) is 17.2. The van der Waals surface area contributed by atoms with Gasteiger partial charge in [0.05, 0.1) is 0 Å². The predicted octanol–water partition coefficient (Wildman–Crippen LogP) is 2.69. The van der Waals surface area contributed by atoms with E-state index in [1.807, 2.05) is 18.0 Å². The molecule has 0 saturated carbocycles. The Labute approximate surface area is 171 Å². The van der Waals surface area contributed by atoms with E-state index in [-0.39, 0.29) is 17.6 Å². The maximum absolute atomic E-state index is 13.1. The monoisotopic (exact) mass is 400 g/mol. The Morgan fingerprint density at radius 3 is 2.55 bits per heavy atom. The van der Waals surface area contributed by atoms with Gasteiger partial charge in [-0.15, -0.1) is 0 Å². The molecular formula is C22H29FN4O2. The van der Waals surface area contributed by atoms with Gasteiger partial charge in [-0.05, 0) is 43.4 Å². The van der Waals surface area contributed by atoms with E-state index in [1.54, 1.807) is 19.1 Å². The molecule has 0 atom stereocenters. The molecule has 0 radical (unpaired) electrons. The van der Waals surface area contributed by atoms with E-state index in [0.29, 0.717) is 31.8 Å². The van der Waals surface area contributed by atoms with Crippen LogP contribution in [0, 0.1) is 18.7 Å². The van der Waals surface area contributed by atoms with Gasteiger partial charge in [0.2, 0.25) is 11.8 Å². The van der Waals surface area contributed by atoms with E-state index < -0.39 is 0 Å². The summed E-state index contributed by atoms with van der Waals surface area (Å²) >= 11 is 0. The Morgan fingerprint density at radius 1 is 1.21 bits per heavy atom. The number of piperidine rings is 1. The van der Waals surface area contributed by atoms with Crippen LogP contribution in [0.3, 0.4) is 0 Å². The summed E-state index contributed by atoms with van der Waals surface area (Å²) in [5.74, 6) is 1.17. The highest BCUT2D eigenvalue weighted by molar-refractivity contribution is 5.76. The summed E-state index contributed by atoms with van der Waals surface area (Å²) in [7, 11) is 0. The number of benzene rings is 1. The lowest BCUT2D eigenvalue weighted by atomic mass is 9.93. The Kier molecular flexibility index (Phi) is 7.01. The number of carbonyl (C=O) groups is 2. The van der Waals surface area contributed by atoms with E-state index in [1.165, 1.54) is 12.1 Å². The normalized spacial score (nSPS) is 14.8. The maximum atomic E-state index is 13.1. The summed E-state index contributed by atoms with van der Waals surface area (Å²) in [6.45, 7) is 6.23. The highest BCUT2D eigenvalue weighted by Gasteiger charge is 2.22. The van der Waals surface area contributed by atoms with Crippen molar-refractivity contribution in [3.05, 3.63) is 53.4 Å². The Bertz CT molecular complexity index is 839. The van der Waals surface area contributed by atoms with Gasteiger partial charge in [-0.3, -0.25) is 9.59 Å². The number of carbonyl (C=O) groups excluding carboxylic acids is 2. The molecule has 2 amide bonds. The second kappa shape index (κ2) is 9.67. The fourth-order valence-electron chi connectivity index (χ4n) is 3.80. The van der Waals surface area contributed by atoms with E-state index in [2.05, 4.69) is 14.9 Å². The van der Waals surface area contributed by atoms with E-state index in [0.717, 1.165) is 43.0 Å². The number of hydrogen-bond donors (Lipinski definition) is 1. The molecule has 2 heterocycles. The molecule has 0 aliphatic carbocycles. The molecule has 1 saturated heterocycles. The molecule has 1 N–H and O–H groups in total. The topological polar surface area (TPSA) is 67.2 Å². The molecule has 1 aliphatic heterocycles. The van der Waals surface area contributed by atoms with Gasteiger partial charge in [0.25, 0.3) is 0 Å². The van der Waals surface area contributed by atoms with E-state index >= 15 is 0 Å². The third-order valence-electron chi connectivity index (χ3n) is 5.60. The highest BCUT2D eigenvalue weighted by Crippen LogP contribution is 2.20. The molecule has 0 unspecified atom stereocenters. The molecule has 1 fully saturated rings. The molecule has 1 aliphatic rings. The fraction of sp³-hybridized carbons (Fsp3) is 0.500. The Morgan fingerprint density at radius 2 is 1.90 bits per heavy atom. The maximum Gasteiger partial charge on any atom is 0.220 e. The summed E-state index contributed by atoms with van der Waals surface area (Å²) in [6.07, 6.45) is 4.74. The summed E-state index contributed by atoms with van der Waals surface area (Å²) in [6, 6.07) is 6.47. The van der Waals surface area contributed by atoms with Gasteiger partial charge in [0.15, 0.2) is 0 Å². The molecule has 6 nitrogen and oxygen atoms in total. The van der Waals surface area contributed by atoms with Gasteiger partial charge in [0, 0.05) is 57.8 Å². The van der Waals surface area contributed by atoms with E-state index in [9.17, 15) is 14.0 Å². The number of halogens is 1. The minimum Gasteiger partial charge on any atom is -0.356 e. The molecule has 7 heteroatoms. The smallest absolute Gasteiger partial charge is 0.220 e. The first-order chi connectivity index (χ1) is 13.9. The number of nitrogens with one attached hydrogen (secondary N) is 1. The molecule has 156 valence electrons. The number of likely N-dealkylation sites (tertiary alicyclic amines) is 1.